The first-order valence-electron chi connectivity index (χ1n) is 5.01. The Bertz CT molecular complexity index is 480. The van der Waals surface area contributed by atoms with E-state index in [0.29, 0.717) is 12.3 Å². The molecular weight excluding hydrogens is 256 g/mol. The van der Waals surface area contributed by atoms with E-state index >= 15 is 0 Å². The van der Waals surface area contributed by atoms with Crippen LogP contribution >= 0.6 is 23.1 Å². The predicted molar refractivity (Wildman–Crippen MR) is 67.9 cm³/mol. The number of carbonyl (C=O) groups is 1. The molecule has 90 valence electrons. The highest BCUT2D eigenvalue weighted by atomic mass is 32.2. The number of rotatable bonds is 5. The van der Waals surface area contributed by atoms with Gasteiger partial charge in [-0.25, -0.2) is 0 Å². The molecule has 17 heavy (non-hydrogen) atoms. The van der Waals surface area contributed by atoms with E-state index in [4.69, 9.17) is 0 Å². The molecule has 0 aliphatic carbocycles. The molecule has 2 aromatic heterocycles. The van der Waals surface area contributed by atoms with Crippen molar-refractivity contribution in [3.63, 3.8) is 0 Å². The number of hydrogen-bond donors (Lipinski definition) is 1. The number of thiophene rings is 1. The summed E-state index contributed by atoms with van der Waals surface area (Å²) in [7, 11) is 1.85. The summed E-state index contributed by atoms with van der Waals surface area (Å²) in [4.78, 5) is 12.7. The summed E-state index contributed by atoms with van der Waals surface area (Å²) in [6.07, 6.45) is 1.62. The fourth-order valence-electron chi connectivity index (χ4n) is 1.18. The van der Waals surface area contributed by atoms with E-state index in [2.05, 4.69) is 15.5 Å². The zero-order valence-corrected chi connectivity index (χ0v) is 10.9. The van der Waals surface area contributed by atoms with Gasteiger partial charge in [-0.05, 0) is 11.4 Å². The minimum Gasteiger partial charge on any atom is -0.350 e. The Morgan fingerprint density at radius 1 is 1.65 bits per heavy atom. The van der Waals surface area contributed by atoms with E-state index in [1.54, 1.807) is 22.2 Å². The lowest BCUT2D eigenvalue weighted by Crippen LogP contribution is -2.24. The van der Waals surface area contributed by atoms with Crippen LogP contribution < -0.4 is 5.32 Å². The molecule has 7 heteroatoms. The van der Waals surface area contributed by atoms with E-state index in [-0.39, 0.29) is 5.91 Å². The van der Waals surface area contributed by atoms with Crippen molar-refractivity contribution in [2.75, 3.05) is 5.75 Å². The minimum absolute atomic E-state index is 0.00593. The maximum Gasteiger partial charge on any atom is 0.230 e. The molecule has 0 saturated heterocycles. The van der Waals surface area contributed by atoms with Crippen LogP contribution in [0.25, 0.3) is 0 Å². The number of nitrogens with one attached hydrogen (secondary N) is 1. The Morgan fingerprint density at radius 2 is 2.53 bits per heavy atom. The van der Waals surface area contributed by atoms with E-state index in [0.717, 1.165) is 10.0 Å². The van der Waals surface area contributed by atoms with Crippen molar-refractivity contribution in [3.05, 3.63) is 28.7 Å². The summed E-state index contributed by atoms with van der Waals surface area (Å²) < 4.78 is 1.79. The van der Waals surface area contributed by atoms with Gasteiger partial charge >= 0.3 is 0 Å². The van der Waals surface area contributed by atoms with Crippen molar-refractivity contribution in [1.82, 2.24) is 20.1 Å². The summed E-state index contributed by atoms with van der Waals surface area (Å²) in [5.74, 6) is 0.365. The van der Waals surface area contributed by atoms with Gasteiger partial charge in [0, 0.05) is 11.9 Å². The average Bonchev–Trinajstić information content (AvgIpc) is 2.95. The molecule has 2 aromatic rings. The Balaban J connectivity index is 1.73. The van der Waals surface area contributed by atoms with E-state index in [9.17, 15) is 4.79 Å². The van der Waals surface area contributed by atoms with Crippen molar-refractivity contribution < 1.29 is 4.79 Å². The maximum atomic E-state index is 11.6. The van der Waals surface area contributed by atoms with Crippen LogP contribution in [-0.4, -0.2) is 26.4 Å². The lowest BCUT2D eigenvalue weighted by molar-refractivity contribution is -0.118. The lowest BCUT2D eigenvalue weighted by Gasteiger charge is -2.02. The molecular formula is C10H12N4OS2. The molecule has 0 fully saturated rings. The van der Waals surface area contributed by atoms with Gasteiger partial charge < -0.3 is 9.88 Å². The molecule has 2 heterocycles. The normalized spacial score (nSPS) is 10.4. The first-order chi connectivity index (χ1) is 8.25. The molecule has 0 aliphatic heterocycles. The lowest BCUT2D eigenvalue weighted by atomic mass is 10.4. The second-order valence-corrected chi connectivity index (χ2v) is 5.34. The van der Waals surface area contributed by atoms with Gasteiger partial charge in [0.1, 0.15) is 6.33 Å². The van der Waals surface area contributed by atoms with Gasteiger partial charge in [-0.2, -0.15) is 0 Å². The van der Waals surface area contributed by atoms with Gasteiger partial charge in [0.25, 0.3) is 0 Å². The van der Waals surface area contributed by atoms with Crippen molar-refractivity contribution in [2.45, 2.75) is 11.7 Å². The highest BCUT2D eigenvalue weighted by Gasteiger charge is 2.06. The van der Waals surface area contributed by atoms with Crippen molar-refractivity contribution in [2.24, 2.45) is 7.05 Å². The third-order valence-corrected chi connectivity index (χ3v) is 3.95. The summed E-state index contributed by atoms with van der Waals surface area (Å²) in [6, 6.07) is 3.97. The summed E-state index contributed by atoms with van der Waals surface area (Å²) in [6.45, 7) is 0.593. The fraction of sp³-hybridized carbons (Fsp3) is 0.300. The van der Waals surface area contributed by atoms with Gasteiger partial charge in [-0.15, -0.1) is 21.5 Å². The number of carbonyl (C=O) groups excluding carboxylic acids is 1. The van der Waals surface area contributed by atoms with Gasteiger partial charge in [0.05, 0.1) is 12.3 Å². The third-order valence-electron chi connectivity index (χ3n) is 2.04. The van der Waals surface area contributed by atoms with Gasteiger partial charge in [0.2, 0.25) is 5.91 Å². The summed E-state index contributed by atoms with van der Waals surface area (Å²) in [5.41, 5.74) is 0. The molecule has 0 atom stereocenters. The van der Waals surface area contributed by atoms with Crippen LogP contribution in [0.5, 0.6) is 0 Å². The van der Waals surface area contributed by atoms with Crippen molar-refractivity contribution in [3.8, 4) is 0 Å². The van der Waals surface area contributed by atoms with Crippen LogP contribution in [0, 0.1) is 0 Å². The standard InChI is InChI=1S/C10H12N4OS2/c1-14-7-12-13-10(14)17-6-9(15)11-5-8-3-2-4-16-8/h2-4,7H,5-6H2,1H3,(H,11,15). The van der Waals surface area contributed by atoms with Gasteiger partial charge in [0.15, 0.2) is 5.16 Å². The number of amides is 1. The Hall–Kier alpha value is -1.34. The minimum atomic E-state index is 0.00593. The molecule has 0 aromatic carbocycles. The van der Waals surface area contributed by atoms with Crippen LogP contribution in [0.2, 0.25) is 0 Å². The monoisotopic (exact) mass is 268 g/mol. The molecule has 0 saturated carbocycles. The molecule has 5 nitrogen and oxygen atoms in total. The molecule has 0 radical (unpaired) electrons. The number of aromatic nitrogens is 3. The number of hydrogen-bond acceptors (Lipinski definition) is 5. The number of nitrogens with zero attached hydrogens (tertiary/aromatic N) is 3. The number of thioether (sulfide) groups is 1. The summed E-state index contributed by atoms with van der Waals surface area (Å²) in [5, 5.41) is 13.2. The Morgan fingerprint density at radius 3 is 3.18 bits per heavy atom. The third kappa shape index (κ3) is 3.57. The molecule has 1 amide bonds. The first-order valence-corrected chi connectivity index (χ1v) is 6.88. The molecule has 2 rings (SSSR count). The maximum absolute atomic E-state index is 11.6. The highest BCUT2D eigenvalue weighted by molar-refractivity contribution is 7.99. The predicted octanol–water partition coefficient (Wildman–Crippen LogP) is 1.29. The Labute approximate surface area is 107 Å². The van der Waals surface area contributed by atoms with E-state index in [1.165, 1.54) is 11.8 Å². The second-order valence-electron chi connectivity index (χ2n) is 3.37. The molecule has 0 unspecified atom stereocenters. The van der Waals surface area contributed by atoms with Crippen LogP contribution in [-0.2, 0) is 18.4 Å². The average molecular weight is 268 g/mol. The van der Waals surface area contributed by atoms with Crippen LogP contribution in [0.1, 0.15) is 4.88 Å². The zero-order chi connectivity index (χ0) is 12.1. The smallest absolute Gasteiger partial charge is 0.230 e. The van der Waals surface area contributed by atoms with Gasteiger partial charge in [-0.1, -0.05) is 17.8 Å². The highest BCUT2D eigenvalue weighted by Crippen LogP contribution is 2.13. The van der Waals surface area contributed by atoms with Crippen LogP contribution in [0.3, 0.4) is 0 Å². The second kappa shape index (κ2) is 5.83. The van der Waals surface area contributed by atoms with Gasteiger partial charge in [-0.3, -0.25) is 4.79 Å². The van der Waals surface area contributed by atoms with Crippen molar-refractivity contribution in [1.29, 1.82) is 0 Å². The topological polar surface area (TPSA) is 59.8 Å². The molecule has 0 spiro atoms. The quantitative estimate of drug-likeness (QED) is 0.830. The van der Waals surface area contributed by atoms with Crippen LogP contribution in [0.4, 0.5) is 0 Å². The van der Waals surface area contributed by atoms with Crippen LogP contribution in [0.15, 0.2) is 29.0 Å². The fourth-order valence-corrected chi connectivity index (χ4v) is 2.55. The van der Waals surface area contributed by atoms with E-state index < -0.39 is 0 Å². The zero-order valence-electron chi connectivity index (χ0n) is 9.29. The first kappa shape index (κ1) is 12.1. The van der Waals surface area contributed by atoms with Crippen molar-refractivity contribution >= 4 is 29.0 Å². The largest absolute Gasteiger partial charge is 0.350 e. The summed E-state index contributed by atoms with van der Waals surface area (Å²) >= 11 is 3.01. The Kier molecular flexibility index (Phi) is 4.16. The molecule has 1 N–H and O–H groups in total. The number of aryl methyl sites for hydroxylation is 1. The molecule has 0 bridgehead atoms. The SMILES string of the molecule is Cn1cnnc1SCC(=O)NCc1cccs1. The van der Waals surface area contributed by atoms with E-state index in [1.807, 2.05) is 24.6 Å². The molecule has 0 aliphatic rings.